The summed E-state index contributed by atoms with van der Waals surface area (Å²) in [6.07, 6.45) is 1.41. The van der Waals surface area contributed by atoms with Gasteiger partial charge >= 0.3 is 0 Å². The number of carbonyl (C=O) groups is 1. The van der Waals surface area contributed by atoms with Crippen LogP contribution in [0.25, 0.3) is 0 Å². The molecule has 1 amide bonds. The average molecular weight is 230 g/mol. The highest BCUT2D eigenvalue weighted by Gasteiger charge is 2.20. The number of rotatable bonds is 8. The Hall–Kier alpha value is -0.610. The van der Waals surface area contributed by atoms with Gasteiger partial charge in [0, 0.05) is 37.6 Å². The fourth-order valence-electron chi connectivity index (χ4n) is 1.28. The van der Waals surface area contributed by atoms with Crippen molar-refractivity contribution in [3.8, 4) is 0 Å². The Labute approximate surface area is 98.8 Å². The first kappa shape index (κ1) is 15.4. The van der Waals surface area contributed by atoms with Gasteiger partial charge in [-0.05, 0) is 20.3 Å². The molecule has 0 aliphatic rings. The summed E-state index contributed by atoms with van der Waals surface area (Å²) in [5, 5.41) is 15.2. The number of hydrogen-bond acceptors (Lipinski definition) is 3. The van der Waals surface area contributed by atoms with E-state index in [2.05, 4.69) is 17.6 Å². The lowest BCUT2D eigenvalue weighted by Gasteiger charge is -2.25. The van der Waals surface area contributed by atoms with Gasteiger partial charge in [-0.25, -0.2) is 0 Å². The lowest BCUT2D eigenvalue weighted by molar-refractivity contribution is -0.121. The van der Waals surface area contributed by atoms with Crippen molar-refractivity contribution in [2.45, 2.75) is 46.6 Å². The smallest absolute Gasteiger partial charge is 0.221 e. The van der Waals surface area contributed by atoms with E-state index in [9.17, 15) is 9.90 Å². The number of hydrogen-bond donors (Lipinski definition) is 3. The molecule has 0 fully saturated rings. The largest absolute Gasteiger partial charge is 0.396 e. The predicted octanol–water partition coefficient (Wildman–Crippen LogP) is 0.899. The molecule has 0 heterocycles. The number of aliphatic hydroxyl groups excluding tert-OH is 1. The van der Waals surface area contributed by atoms with Crippen molar-refractivity contribution in [3.05, 3.63) is 0 Å². The second-order valence-corrected chi connectivity index (χ2v) is 4.97. The zero-order chi connectivity index (χ0) is 12.6. The van der Waals surface area contributed by atoms with Crippen molar-refractivity contribution >= 4 is 5.91 Å². The molecule has 0 radical (unpaired) electrons. The minimum Gasteiger partial charge on any atom is -0.396 e. The van der Waals surface area contributed by atoms with Gasteiger partial charge in [-0.1, -0.05) is 13.8 Å². The van der Waals surface area contributed by atoms with Crippen molar-refractivity contribution in [3.63, 3.8) is 0 Å². The summed E-state index contributed by atoms with van der Waals surface area (Å²) < 4.78 is 0. The molecule has 0 aromatic heterocycles. The molecule has 4 heteroatoms. The van der Waals surface area contributed by atoms with Crippen molar-refractivity contribution < 1.29 is 9.90 Å². The van der Waals surface area contributed by atoms with E-state index in [4.69, 9.17) is 0 Å². The third-order valence-corrected chi connectivity index (χ3v) is 2.77. The highest BCUT2D eigenvalue weighted by Crippen LogP contribution is 2.17. The maximum absolute atomic E-state index is 11.3. The van der Waals surface area contributed by atoms with Crippen LogP contribution in [0, 0.1) is 5.41 Å². The first-order valence-electron chi connectivity index (χ1n) is 6.04. The van der Waals surface area contributed by atoms with Crippen LogP contribution < -0.4 is 10.6 Å². The van der Waals surface area contributed by atoms with E-state index in [1.165, 1.54) is 0 Å². The maximum Gasteiger partial charge on any atom is 0.221 e. The van der Waals surface area contributed by atoms with Crippen LogP contribution in [-0.4, -0.2) is 36.8 Å². The third-order valence-electron chi connectivity index (χ3n) is 2.77. The highest BCUT2D eigenvalue weighted by molar-refractivity contribution is 5.76. The fourth-order valence-corrected chi connectivity index (χ4v) is 1.28. The van der Waals surface area contributed by atoms with Gasteiger partial charge in [0.05, 0.1) is 0 Å². The second-order valence-electron chi connectivity index (χ2n) is 4.97. The molecule has 1 atom stereocenters. The molecule has 0 aromatic carbocycles. The SMILES string of the molecule is CCC(C)(CO)CNCCC(=O)NC(C)C. The van der Waals surface area contributed by atoms with Crippen molar-refractivity contribution in [1.82, 2.24) is 10.6 Å². The zero-order valence-corrected chi connectivity index (χ0v) is 11.0. The summed E-state index contributed by atoms with van der Waals surface area (Å²) in [5.41, 5.74) is -0.0749. The third kappa shape index (κ3) is 6.80. The zero-order valence-electron chi connectivity index (χ0n) is 11.0. The van der Waals surface area contributed by atoms with Crippen LogP contribution >= 0.6 is 0 Å². The van der Waals surface area contributed by atoms with Gasteiger partial charge in [0.1, 0.15) is 0 Å². The van der Waals surface area contributed by atoms with E-state index in [-0.39, 0.29) is 24.0 Å². The number of aliphatic hydroxyl groups is 1. The average Bonchev–Trinajstić information content (AvgIpc) is 2.23. The molecule has 3 N–H and O–H groups in total. The Morgan fingerprint density at radius 1 is 1.44 bits per heavy atom. The molecule has 0 aliphatic heterocycles. The monoisotopic (exact) mass is 230 g/mol. The molecule has 0 bridgehead atoms. The summed E-state index contributed by atoms with van der Waals surface area (Å²) in [6.45, 7) is 9.58. The van der Waals surface area contributed by atoms with Crippen LogP contribution in [-0.2, 0) is 4.79 Å². The van der Waals surface area contributed by atoms with E-state index < -0.39 is 0 Å². The van der Waals surface area contributed by atoms with Crippen molar-refractivity contribution in [2.75, 3.05) is 19.7 Å². The van der Waals surface area contributed by atoms with Crippen LogP contribution in [0.3, 0.4) is 0 Å². The number of amides is 1. The van der Waals surface area contributed by atoms with Gasteiger partial charge in [0.2, 0.25) is 5.91 Å². The summed E-state index contributed by atoms with van der Waals surface area (Å²) in [4.78, 5) is 11.3. The highest BCUT2D eigenvalue weighted by atomic mass is 16.3. The molecule has 0 rings (SSSR count). The standard InChI is InChI=1S/C12H26N2O2/c1-5-12(4,9-15)8-13-7-6-11(16)14-10(2)3/h10,13,15H,5-9H2,1-4H3,(H,14,16). The van der Waals surface area contributed by atoms with Gasteiger partial charge < -0.3 is 15.7 Å². The number of nitrogens with one attached hydrogen (secondary N) is 2. The van der Waals surface area contributed by atoms with Crippen LogP contribution in [0.1, 0.15) is 40.5 Å². The molecule has 0 saturated heterocycles. The minimum absolute atomic E-state index is 0.0738. The second kappa shape index (κ2) is 7.63. The van der Waals surface area contributed by atoms with E-state index in [0.29, 0.717) is 13.0 Å². The van der Waals surface area contributed by atoms with Crippen LogP contribution in [0.2, 0.25) is 0 Å². The molecule has 0 saturated carbocycles. The molecule has 0 aromatic rings. The summed E-state index contributed by atoms with van der Waals surface area (Å²) in [7, 11) is 0. The van der Waals surface area contributed by atoms with Gasteiger partial charge in [-0.15, -0.1) is 0 Å². The first-order chi connectivity index (χ1) is 7.43. The first-order valence-corrected chi connectivity index (χ1v) is 6.04. The molecule has 1 unspecified atom stereocenters. The van der Waals surface area contributed by atoms with Gasteiger partial charge in [0.25, 0.3) is 0 Å². The molecule has 0 aliphatic carbocycles. The van der Waals surface area contributed by atoms with E-state index in [0.717, 1.165) is 13.0 Å². The number of carbonyl (C=O) groups excluding carboxylic acids is 1. The quantitative estimate of drug-likeness (QED) is 0.543. The van der Waals surface area contributed by atoms with Crippen LogP contribution in [0.5, 0.6) is 0 Å². The van der Waals surface area contributed by atoms with E-state index >= 15 is 0 Å². The Bertz CT molecular complexity index is 201. The minimum atomic E-state index is -0.0749. The van der Waals surface area contributed by atoms with E-state index in [1.807, 2.05) is 20.8 Å². The molecule has 4 nitrogen and oxygen atoms in total. The molecular weight excluding hydrogens is 204 g/mol. The van der Waals surface area contributed by atoms with Gasteiger partial charge in [-0.2, -0.15) is 0 Å². The molecule has 0 spiro atoms. The normalized spacial score (nSPS) is 14.9. The Morgan fingerprint density at radius 2 is 2.06 bits per heavy atom. The Morgan fingerprint density at radius 3 is 2.50 bits per heavy atom. The Balaban J connectivity index is 3.63. The maximum atomic E-state index is 11.3. The van der Waals surface area contributed by atoms with Gasteiger partial charge in [0.15, 0.2) is 0 Å². The lowest BCUT2D eigenvalue weighted by Crippen LogP contribution is -2.37. The van der Waals surface area contributed by atoms with Crippen molar-refractivity contribution in [1.29, 1.82) is 0 Å². The Kier molecular flexibility index (Phi) is 7.34. The summed E-state index contributed by atoms with van der Waals surface area (Å²) in [6, 6.07) is 0.200. The molecule has 16 heavy (non-hydrogen) atoms. The summed E-state index contributed by atoms with van der Waals surface area (Å²) in [5.74, 6) is 0.0738. The predicted molar refractivity (Wildman–Crippen MR) is 66.2 cm³/mol. The summed E-state index contributed by atoms with van der Waals surface area (Å²) >= 11 is 0. The topological polar surface area (TPSA) is 61.4 Å². The van der Waals surface area contributed by atoms with Crippen LogP contribution in [0.4, 0.5) is 0 Å². The molecular formula is C12H26N2O2. The lowest BCUT2D eigenvalue weighted by atomic mass is 9.89. The van der Waals surface area contributed by atoms with E-state index in [1.54, 1.807) is 0 Å². The van der Waals surface area contributed by atoms with Gasteiger partial charge in [-0.3, -0.25) is 4.79 Å². The van der Waals surface area contributed by atoms with Crippen LogP contribution in [0.15, 0.2) is 0 Å². The molecule has 96 valence electrons. The fraction of sp³-hybridized carbons (Fsp3) is 0.917. The van der Waals surface area contributed by atoms with Crippen molar-refractivity contribution in [2.24, 2.45) is 5.41 Å².